The van der Waals surface area contributed by atoms with Crippen molar-refractivity contribution < 1.29 is 52.7 Å². The summed E-state index contributed by atoms with van der Waals surface area (Å²) < 4.78 is 171. The van der Waals surface area contributed by atoms with Gasteiger partial charge < -0.3 is 0 Å². The van der Waals surface area contributed by atoms with Crippen LogP contribution in [0.2, 0.25) is 12.1 Å². The maximum atomic E-state index is 14.2. The molecule has 4 aromatic rings. The van der Waals surface area contributed by atoms with E-state index in [1.165, 1.54) is 0 Å². The van der Waals surface area contributed by atoms with Crippen molar-refractivity contribution in [1.29, 1.82) is 0 Å². The van der Waals surface area contributed by atoms with E-state index in [9.17, 15) is 52.7 Å². The Morgan fingerprint density at radius 1 is 0.446 bits per heavy atom. The normalized spacial score (nSPS) is 17.0. The Balaban J connectivity index is 1.45. The molecule has 0 nitrogen and oxygen atoms in total. The molecule has 2 unspecified atom stereocenters. The summed E-state index contributed by atoms with van der Waals surface area (Å²) in [6.07, 6.45) is -11.5. The molecular weight excluding hydrogens is 881 g/mol. The fraction of sp³-hybridized carbons (Fsp3) is 0.462. The van der Waals surface area contributed by atoms with Crippen molar-refractivity contribution in [2.24, 2.45) is 0 Å². The number of hydrogen-bond acceptors (Lipinski definition) is 0. The maximum Gasteiger partial charge on any atom is 0.416 e. The molecular formula is C52H54F12Si. The largest absolute Gasteiger partial charge is 0.416 e. The van der Waals surface area contributed by atoms with Crippen LogP contribution in [0.3, 0.4) is 0 Å². The summed E-state index contributed by atoms with van der Waals surface area (Å²) in [5, 5.41) is 0. The molecule has 4 aromatic carbocycles. The lowest BCUT2D eigenvalue weighted by molar-refractivity contribution is -0.144. The molecule has 0 spiro atoms. The van der Waals surface area contributed by atoms with Gasteiger partial charge in [-0.2, -0.15) is 52.7 Å². The highest BCUT2D eigenvalue weighted by Gasteiger charge is 2.41. The Kier molecular flexibility index (Phi) is 14.0. The summed E-state index contributed by atoms with van der Waals surface area (Å²) in [6.45, 7) is 15.3. The van der Waals surface area contributed by atoms with E-state index in [4.69, 9.17) is 0 Å². The van der Waals surface area contributed by atoms with Gasteiger partial charge in [0, 0.05) is 21.4 Å². The number of halogens is 12. The second kappa shape index (κ2) is 18.1. The molecule has 0 heterocycles. The minimum atomic E-state index is -5.03. The van der Waals surface area contributed by atoms with Crippen LogP contribution in [0.25, 0.3) is 34.4 Å². The maximum absolute atomic E-state index is 14.2. The van der Waals surface area contributed by atoms with Crippen molar-refractivity contribution in [2.45, 2.75) is 153 Å². The molecule has 0 aromatic heterocycles. The molecule has 2 radical (unpaired) electrons. The van der Waals surface area contributed by atoms with Crippen molar-refractivity contribution >= 4 is 21.7 Å². The Labute approximate surface area is 376 Å². The van der Waals surface area contributed by atoms with E-state index in [0.29, 0.717) is 67.8 Å². The third-order valence-electron chi connectivity index (χ3n) is 12.6. The topological polar surface area (TPSA) is 0 Å². The van der Waals surface area contributed by atoms with Gasteiger partial charge in [0.25, 0.3) is 0 Å². The molecule has 2 aliphatic carbocycles. The summed E-state index contributed by atoms with van der Waals surface area (Å²) in [6, 6.07) is 12.3. The van der Waals surface area contributed by atoms with Gasteiger partial charge in [0.15, 0.2) is 0 Å². The predicted molar refractivity (Wildman–Crippen MR) is 237 cm³/mol. The van der Waals surface area contributed by atoms with E-state index < -0.39 is 57.8 Å². The minimum Gasteiger partial charge on any atom is -0.166 e. The molecule has 2 atom stereocenters. The Morgan fingerprint density at radius 3 is 1.02 bits per heavy atom. The van der Waals surface area contributed by atoms with Crippen LogP contribution >= 0.6 is 0 Å². The molecule has 0 saturated carbocycles. The second-order valence-corrected chi connectivity index (χ2v) is 20.8. The number of unbranched alkanes of at least 4 members (excludes halogenated alkanes) is 2. The molecule has 0 amide bonds. The van der Waals surface area contributed by atoms with E-state index in [-0.39, 0.29) is 35.1 Å². The van der Waals surface area contributed by atoms with Gasteiger partial charge >= 0.3 is 24.7 Å². The van der Waals surface area contributed by atoms with E-state index in [0.717, 1.165) is 72.2 Å². The zero-order valence-corrected chi connectivity index (χ0v) is 38.8. The summed E-state index contributed by atoms with van der Waals surface area (Å²) in [7, 11) is 0.290. The third-order valence-corrected chi connectivity index (χ3v) is 14.0. The lowest BCUT2D eigenvalue weighted by Gasteiger charge is -2.27. The molecule has 0 fully saturated rings. The molecule has 0 saturated heterocycles. The van der Waals surface area contributed by atoms with E-state index >= 15 is 0 Å². The first-order chi connectivity index (χ1) is 29.9. The number of hydrogen-bond donors (Lipinski definition) is 0. The van der Waals surface area contributed by atoms with Crippen molar-refractivity contribution in [3.8, 4) is 22.3 Å². The first-order valence-corrected chi connectivity index (χ1v) is 23.4. The van der Waals surface area contributed by atoms with Crippen molar-refractivity contribution in [1.82, 2.24) is 0 Å². The average molecular weight is 935 g/mol. The fourth-order valence-corrected chi connectivity index (χ4v) is 11.0. The van der Waals surface area contributed by atoms with Crippen LogP contribution in [-0.2, 0) is 35.5 Å². The predicted octanol–water partition coefficient (Wildman–Crippen LogP) is 18.3. The number of fused-ring (bicyclic) bond motifs is 2. The SMILES string of the molecule is CCCCC1=Cc2c(ccc(C(C)(C)C)c2-c2cc(C(F)(F)F)cc(C(F)(F)F)c2)C1C[Si]CC1C(CCCC)=Cc2c1ccc(C(C)(C)C)c2-c1cc(C(F)(F)F)cc(C(F)(F)F)c1. The second-order valence-electron chi connectivity index (χ2n) is 19.5. The van der Waals surface area contributed by atoms with Gasteiger partial charge in [-0.1, -0.05) is 128 Å². The molecule has 6 rings (SSSR count). The van der Waals surface area contributed by atoms with Gasteiger partial charge in [-0.3, -0.25) is 0 Å². The monoisotopic (exact) mass is 934 g/mol. The van der Waals surface area contributed by atoms with Crippen molar-refractivity contribution in [3.63, 3.8) is 0 Å². The molecule has 2 aliphatic rings. The first-order valence-electron chi connectivity index (χ1n) is 22.0. The van der Waals surface area contributed by atoms with E-state index in [1.54, 1.807) is 0 Å². The zero-order valence-electron chi connectivity index (χ0n) is 37.8. The molecule has 350 valence electrons. The van der Waals surface area contributed by atoms with Crippen LogP contribution in [0, 0.1) is 0 Å². The number of alkyl halides is 12. The lowest BCUT2D eigenvalue weighted by atomic mass is 9.78. The minimum absolute atomic E-state index is 0.145. The lowest BCUT2D eigenvalue weighted by Crippen LogP contribution is -2.16. The van der Waals surface area contributed by atoms with E-state index in [1.807, 2.05) is 91.8 Å². The molecule has 0 bridgehead atoms. The zero-order chi connectivity index (χ0) is 48.2. The smallest absolute Gasteiger partial charge is 0.166 e. The van der Waals surface area contributed by atoms with Crippen LogP contribution in [0.5, 0.6) is 0 Å². The first kappa shape index (κ1) is 50.2. The van der Waals surface area contributed by atoms with Crippen molar-refractivity contribution in [3.05, 3.63) is 127 Å². The fourth-order valence-electron chi connectivity index (χ4n) is 9.34. The quantitative estimate of drug-likeness (QED) is 0.0981. The van der Waals surface area contributed by atoms with Crippen LogP contribution in [0.4, 0.5) is 52.7 Å². The van der Waals surface area contributed by atoms with Crippen LogP contribution in [0.15, 0.2) is 71.8 Å². The van der Waals surface area contributed by atoms with Gasteiger partial charge in [0.2, 0.25) is 0 Å². The highest BCUT2D eigenvalue weighted by molar-refractivity contribution is 6.36. The molecule has 13 heteroatoms. The van der Waals surface area contributed by atoms with E-state index in [2.05, 4.69) is 0 Å². The number of rotatable bonds is 12. The van der Waals surface area contributed by atoms with Gasteiger partial charge in [-0.05, 0) is 129 Å². The Hall–Kier alpha value is -4.26. The summed E-state index contributed by atoms with van der Waals surface area (Å²) in [5.41, 5.74) is -0.322. The van der Waals surface area contributed by atoms with Crippen LogP contribution in [0.1, 0.15) is 161 Å². The van der Waals surface area contributed by atoms with Crippen LogP contribution in [-0.4, -0.2) is 9.52 Å². The number of benzene rings is 4. The average Bonchev–Trinajstić information content (AvgIpc) is 3.73. The summed E-state index contributed by atoms with van der Waals surface area (Å²) in [5.74, 6) is -0.353. The molecule has 0 N–H and O–H groups in total. The Bertz CT molecular complexity index is 2230. The molecule has 65 heavy (non-hydrogen) atoms. The summed E-state index contributed by atoms with van der Waals surface area (Å²) in [4.78, 5) is 0. The van der Waals surface area contributed by atoms with Crippen LogP contribution < -0.4 is 0 Å². The standard InChI is InChI=1S/C52H54F12Si/c1-9-11-13-29-23-39-37(15-17-43(47(3,4)5)45(39)31-19-33(49(53,54)55)25-34(20-31)50(56,57)58)41(29)27-65-28-42-30(14-12-10-2)24-40-38(42)16-18-44(48(6,7)8)46(40)32-21-35(51(59,60)61)26-36(22-32)52(62,63)64/h15-26,41-42H,9-14,27-28H2,1-8H3. The number of allylic oxidation sites excluding steroid dienone is 2. The molecule has 0 aliphatic heterocycles. The van der Waals surface area contributed by atoms with Crippen molar-refractivity contribution in [2.75, 3.05) is 0 Å². The van der Waals surface area contributed by atoms with Gasteiger partial charge in [-0.25, -0.2) is 0 Å². The highest BCUT2D eigenvalue weighted by Crippen LogP contribution is 2.53. The summed E-state index contributed by atoms with van der Waals surface area (Å²) >= 11 is 0. The van der Waals surface area contributed by atoms with Gasteiger partial charge in [0.05, 0.1) is 22.3 Å². The third kappa shape index (κ3) is 10.8. The Morgan fingerprint density at radius 2 is 0.754 bits per heavy atom. The van der Waals surface area contributed by atoms with Gasteiger partial charge in [0.1, 0.15) is 0 Å². The highest BCUT2D eigenvalue weighted by atomic mass is 28.2. The van der Waals surface area contributed by atoms with Gasteiger partial charge in [-0.15, -0.1) is 0 Å².